The summed E-state index contributed by atoms with van der Waals surface area (Å²) in [5, 5.41) is 13.0. The van der Waals surface area contributed by atoms with E-state index in [1.54, 1.807) is 4.90 Å². The summed E-state index contributed by atoms with van der Waals surface area (Å²) in [6.45, 7) is 4.09. The number of aromatic nitrogens is 2. The second-order valence-corrected chi connectivity index (χ2v) is 9.80. The molecule has 2 aliphatic rings. The van der Waals surface area contributed by atoms with E-state index in [9.17, 15) is 14.7 Å². The van der Waals surface area contributed by atoms with Crippen LogP contribution in [0.1, 0.15) is 56.2 Å². The number of nitrogens with zero attached hydrogens (tertiary/aromatic N) is 3. The highest BCUT2D eigenvalue weighted by Gasteiger charge is 2.33. The minimum absolute atomic E-state index is 0.0469. The van der Waals surface area contributed by atoms with Gasteiger partial charge in [0, 0.05) is 23.3 Å². The zero-order valence-corrected chi connectivity index (χ0v) is 20.5. The van der Waals surface area contributed by atoms with E-state index in [1.807, 2.05) is 31.2 Å². The van der Waals surface area contributed by atoms with Crippen molar-refractivity contribution in [2.75, 3.05) is 17.3 Å². The van der Waals surface area contributed by atoms with Crippen molar-refractivity contribution in [1.29, 1.82) is 0 Å². The number of aliphatic carboxylic acids is 1. The lowest BCUT2D eigenvalue weighted by Crippen LogP contribution is -2.42. The Balaban J connectivity index is 1.62. The molecule has 35 heavy (non-hydrogen) atoms. The van der Waals surface area contributed by atoms with Crippen LogP contribution in [-0.4, -0.2) is 39.9 Å². The number of rotatable bonds is 4. The highest BCUT2D eigenvalue weighted by molar-refractivity contribution is 5.96. The average Bonchev–Trinajstić information content (AvgIpc) is 3.21. The van der Waals surface area contributed by atoms with Crippen molar-refractivity contribution >= 4 is 40.4 Å². The fourth-order valence-corrected chi connectivity index (χ4v) is 5.67. The molecule has 0 radical (unpaired) electrons. The monoisotopic (exact) mass is 476 g/mol. The number of aryl methyl sites for hydroxylation is 2. The van der Waals surface area contributed by atoms with Crippen LogP contribution in [0.5, 0.6) is 0 Å². The van der Waals surface area contributed by atoms with Gasteiger partial charge in [-0.05, 0) is 82.2 Å². The van der Waals surface area contributed by atoms with Crippen LogP contribution in [-0.2, 0) is 16.0 Å². The van der Waals surface area contributed by atoms with Crippen LogP contribution in [0, 0.1) is 12.8 Å². The first-order valence-electron chi connectivity index (χ1n) is 12.3. The first-order chi connectivity index (χ1) is 16.9. The van der Waals surface area contributed by atoms with Gasteiger partial charge in [0.05, 0.1) is 29.7 Å². The number of fused-ring (bicyclic) bond motifs is 3. The third kappa shape index (κ3) is 4.22. The number of hydrogen-bond acceptors (Lipinski definition) is 5. The number of hydrogen-bond donors (Lipinski definition) is 2. The summed E-state index contributed by atoms with van der Waals surface area (Å²) in [5.41, 5.74) is 5.91. The highest BCUT2D eigenvalue weighted by Crippen LogP contribution is 2.41. The largest absolute Gasteiger partial charge is 0.481 e. The van der Waals surface area contributed by atoms with E-state index >= 15 is 0 Å². The third-order valence-electron chi connectivity index (χ3n) is 7.51. The summed E-state index contributed by atoms with van der Waals surface area (Å²) in [4.78, 5) is 30.9. The van der Waals surface area contributed by atoms with Gasteiger partial charge < -0.3 is 19.7 Å². The molecule has 8 nitrogen and oxygen atoms in total. The third-order valence-corrected chi connectivity index (χ3v) is 7.51. The van der Waals surface area contributed by atoms with Crippen molar-refractivity contribution in [2.24, 2.45) is 5.92 Å². The Bertz CT molecular complexity index is 1280. The van der Waals surface area contributed by atoms with Crippen LogP contribution in [0.3, 0.4) is 0 Å². The summed E-state index contributed by atoms with van der Waals surface area (Å²) in [6, 6.07) is 12.4. The lowest BCUT2D eigenvalue weighted by molar-refractivity contribution is -0.143. The summed E-state index contributed by atoms with van der Waals surface area (Å²) in [5.74, 6) is -0.235. The Kier molecular flexibility index (Phi) is 6.13. The number of carbonyl (C=O) groups is 2. The lowest BCUT2D eigenvalue weighted by Gasteiger charge is -2.34. The van der Waals surface area contributed by atoms with Gasteiger partial charge in [0.2, 0.25) is 5.95 Å². The Labute approximate surface area is 204 Å². The minimum Gasteiger partial charge on any atom is -0.481 e. The quantitative estimate of drug-likeness (QED) is 0.493. The first-order valence-corrected chi connectivity index (χ1v) is 12.3. The van der Waals surface area contributed by atoms with Crippen LogP contribution in [0.4, 0.5) is 22.1 Å². The molecule has 1 saturated carbocycles. The van der Waals surface area contributed by atoms with Gasteiger partial charge in [0.1, 0.15) is 0 Å². The molecular formula is C27H32N4O4. The second-order valence-electron chi connectivity index (χ2n) is 9.80. The smallest absolute Gasteiger partial charge is 0.414 e. The number of carbonyl (C=O) groups excluding carboxylic acids is 1. The zero-order valence-electron chi connectivity index (χ0n) is 20.5. The fraction of sp³-hybridized carbons (Fsp3) is 0.444. The second kappa shape index (κ2) is 9.24. The molecule has 184 valence electrons. The number of methoxy groups -OCH3 is 1. The van der Waals surface area contributed by atoms with Gasteiger partial charge in [0.15, 0.2) is 0 Å². The molecule has 1 atom stereocenters. The van der Waals surface area contributed by atoms with Crippen LogP contribution in [0.2, 0.25) is 0 Å². The van der Waals surface area contributed by atoms with Crippen molar-refractivity contribution in [3.8, 4) is 0 Å². The zero-order chi connectivity index (χ0) is 24.7. The normalized spacial score (nSPS) is 22.0. The number of benzene rings is 2. The Hall–Kier alpha value is -3.55. The van der Waals surface area contributed by atoms with E-state index < -0.39 is 5.97 Å². The summed E-state index contributed by atoms with van der Waals surface area (Å²) in [7, 11) is 1.41. The molecule has 5 rings (SSSR count). The van der Waals surface area contributed by atoms with E-state index in [4.69, 9.17) is 9.72 Å². The predicted octanol–water partition coefficient (Wildman–Crippen LogP) is 5.81. The van der Waals surface area contributed by atoms with Gasteiger partial charge in [-0.1, -0.05) is 12.1 Å². The van der Waals surface area contributed by atoms with Crippen LogP contribution >= 0.6 is 0 Å². The molecule has 1 fully saturated rings. The molecule has 8 heteroatoms. The number of carboxylic acid groups (broad SMARTS) is 1. The molecule has 2 heterocycles. The van der Waals surface area contributed by atoms with Gasteiger partial charge in [-0.3, -0.25) is 9.69 Å². The van der Waals surface area contributed by atoms with E-state index in [0.29, 0.717) is 12.8 Å². The van der Waals surface area contributed by atoms with Crippen LogP contribution in [0.15, 0.2) is 36.4 Å². The maximum atomic E-state index is 12.6. The van der Waals surface area contributed by atoms with E-state index in [-0.39, 0.29) is 24.1 Å². The molecule has 2 N–H and O–H groups in total. The van der Waals surface area contributed by atoms with Gasteiger partial charge in [-0.15, -0.1) is 0 Å². The van der Waals surface area contributed by atoms with Crippen molar-refractivity contribution in [3.63, 3.8) is 0 Å². The number of anilines is 3. The summed E-state index contributed by atoms with van der Waals surface area (Å²) >= 11 is 0. The molecule has 0 saturated heterocycles. The van der Waals surface area contributed by atoms with Crippen LogP contribution < -0.4 is 10.2 Å². The topological polar surface area (TPSA) is 96.7 Å². The van der Waals surface area contributed by atoms with Gasteiger partial charge in [0.25, 0.3) is 0 Å². The van der Waals surface area contributed by atoms with E-state index in [0.717, 1.165) is 65.2 Å². The number of nitrogens with one attached hydrogen (secondary N) is 1. The fourth-order valence-electron chi connectivity index (χ4n) is 5.67. The molecule has 0 unspecified atom stereocenters. The standard InChI is InChI=1S/C27H32N4O4/c1-16-5-4-6-19(15-16)28-26-29-24-21-12-7-17(2)30(27(34)35-3)22(21)13-14-23(24)31(26)20-10-8-18(9-11-20)25(32)33/h4-6,13-15,17-18,20H,7-12H2,1-3H3,(H,28,29)(H,32,33)/t17-,18?,20?/m0/s1. The summed E-state index contributed by atoms with van der Waals surface area (Å²) < 4.78 is 7.32. The van der Waals surface area contributed by atoms with Crippen molar-refractivity contribution in [1.82, 2.24) is 9.55 Å². The molecule has 1 aromatic heterocycles. The molecular weight excluding hydrogens is 444 g/mol. The maximum absolute atomic E-state index is 12.6. The van der Waals surface area contributed by atoms with Crippen molar-refractivity contribution in [2.45, 2.75) is 64.5 Å². The summed E-state index contributed by atoms with van der Waals surface area (Å²) in [6.07, 6.45) is 4.18. The Morgan fingerprint density at radius 1 is 1.11 bits per heavy atom. The SMILES string of the molecule is COC(=O)N1c2ccc3c(nc(Nc4cccc(C)c4)n3C3CCC(C(=O)O)CC3)c2CC[C@@H]1C. The van der Waals surface area contributed by atoms with Gasteiger partial charge >= 0.3 is 12.1 Å². The van der Waals surface area contributed by atoms with Crippen molar-refractivity contribution in [3.05, 3.63) is 47.5 Å². The maximum Gasteiger partial charge on any atom is 0.414 e. The molecule has 3 aromatic rings. The van der Waals surface area contributed by atoms with E-state index in [2.05, 4.69) is 28.9 Å². The lowest BCUT2D eigenvalue weighted by atomic mass is 9.86. The molecule has 1 aliphatic heterocycles. The molecule has 0 bridgehead atoms. The minimum atomic E-state index is -0.705. The number of imidazole rings is 1. The van der Waals surface area contributed by atoms with Gasteiger partial charge in [-0.25, -0.2) is 9.78 Å². The van der Waals surface area contributed by atoms with Gasteiger partial charge in [-0.2, -0.15) is 0 Å². The molecule has 2 aromatic carbocycles. The number of ether oxygens (including phenoxy) is 1. The Morgan fingerprint density at radius 3 is 2.57 bits per heavy atom. The van der Waals surface area contributed by atoms with E-state index in [1.165, 1.54) is 7.11 Å². The number of amides is 1. The highest BCUT2D eigenvalue weighted by atomic mass is 16.5. The molecule has 0 spiro atoms. The number of carboxylic acids is 1. The van der Waals surface area contributed by atoms with Crippen LogP contribution in [0.25, 0.3) is 11.0 Å². The average molecular weight is 477 g/mol. The predicted molar refractivity (Wildman–Crippen MR) is 135 cm³/mol. The Morgan fingerprint density at radius 2 is 1.89 bits per heavy atom. The van der Waals surface area contributed by atoms with Crippen molar-refractivity contribution < 1.29 is 19.4 Å². The molecule has 1 amide bonds. The first kappa shape index (κ1) is 23.2. The molecule has 1 aliphatic carbocycles.